The van der Waals surface area contributed by atoms with E-state index in [4.69, 9.17) is 58.6 Å². The largest absolute Gasteiger partial charge is 0.493 e. The molecule has 2 aromatic heterocycles. The van der Waals surface area contributed by atoms with Crippen LogP contribution >= 0.6 is 0 Å². The monoisotopic (exact) mass is 1300 g/mol. The number of fused-ring (bicyclic) bond motifs is 1. The smallest absolute Gasteiger partial charge is 0.408 e. The number of carbonyl (C=O) groups is 8. The summed E-state index contributed by atoms with van der Waals surface area (Å²) in [5.41, 5.74) is 9.85. The van der Waals surface area contributed by atoms with Gasteiger partial charge in [0.1, 0.15) is 18.2 Å². The Labute approximate surface area is 538 Å². The van der Waals surface area contributed by atoms with Crippen LogP contribution in [0.25, 0.3) is 23.3 Å². The summed E-state index contributed by atoms with van der Waals surface area (Å²) in [6, 6.07) is 23.3. The zero-order valence-electron chi connectivity index (χ0n) is 52.0. The maximum atomic E-state index is 13.4. The molecule has 0 saturated carbocycles. The number of esters is 2. The zero-order valence-corrected chi connectivity index (χ0v) is 52.0. The highest BCUT2D eigenvalue weighted by molar-refractivity contribution is 6.11. The summed E-state index contributed by atoms with van der Waals surface area (Å²) in [7, 11) is 2.74. The summed E-state index contributed by atoms with van der Waals surface area (Å²) in [5.74, 6) is -5.35. The SMILES string of the molecule is COc1cc(/C=C/C(=O)CC(=O)/C=C/c2ccc(OC(=O)[C@H](Cc3ccccc3)NC(=O)OC(C)(C)C)c(OC)c2)ccc1OC(=O)CCCC(=O)ONCCOCCOCCNC(=O)COC(OC(=N)c1ccc(NCc2cnc3nc(N)[nH]c(=O)c3n2)cc1)C(=O)O. The van der Waals surface area contributed by atoms with Gasteiger partial charge < -0.3 is 74.3 Å². The number of carboxylic acids is 1. The van der Waals surface area contributed by atoms with Crippen molar-refractivity contribution in [3.8, 4) is 23.0 Å². The third-order valence-corrected chi connectivity index (χ3v) is 12.5. The van der Waals surface area contributed by atoms with Crippen molar-refractivity contribution in [2.45, 2.75) is 77.4 Å². The maximum Gasteiger partial charge on any atom is 0.408 e. The Morgan fingerprint density at radius 1 is 0.755 bits per heavy atom. The van der Waals surface area contributed by atoms with Crippen LogP contribution in [0.15, 0.2) is 114 Å². The molecular formula is C64H72N10O20. The number of rotatable bonds is 37. The van der Waals surface area contributed by atoms with Gasteiger partial charge in [-0.15, -0.1) is 0 Å². The first-order valence-electron chi connectivity index (χ1n) is 29.1. The molecule has 0 spiro atoms. The van der Waals surface area contributed by atoms with Crippen LogP contribution in [0.4, 0.5) is 16.4 Å². The van der Waals surface area contributed by atoms with E-state index in [1.165, 1.54) is 81.1 Å². The number of nitrogens with one attached hydrogen (secondary N) is 6. The summed E-state index contributed by atoms with van der Waals surface area (Å²) >= 11 is 0. The van der Waals surface area contributed by atoms with Crippen molar-refractivity contribution in [1.82, 2.24) is 36.0 Å². The lowest BCUT2D eigenvalue weighted by atomic mass is 10.1. The predicted octanol–water partition coefficient (Wildman–Crippen LogP) is 4.96. The van der Waals surface area contributed by atoms with Gasteiger partial charge in [-0.05, 0) is 105 Å². The lowest BCUT2D eigenvalue weighted by molar-refractivity contribution is -0.174. The number of aromatic amines is 1. The van der Waals surface area contributed by atoms with E-state index in [0.29, 0.717) is 22.5 Å². The number of hydrogen-bond acceptors (Lipinski definition) is 26. The van der Waals surface area contributed by atoms with Gasteiger partial charge in [-0.2, -0.15) is 10.5 Å². The third-order valence-electron chi connectivity index (χ3n) is 12.5. The number of alkyl carbamates (subject to hydrolysis) is 1. The molecular weight excluding hydrogens is 1230 g/mol. The number of aliphatic carboxylic acids is 1. The highest BCUT2D eigenvalue weighted by Gasteiger charge is 2.28. The summed E-state index contributed by atoms with van der Waals surface area (Å²) in [5, 5.41) is 26.0. The van der Waals surface area contributed by atoms with E-state index in [0.717, 1.165) is 5.56 Å². The van der Waals surface area contributed by atoms with Crippen LogP contribution in [0, 0.1) is 5.41 Å². The summed E-state index contributed by atoms with van der Waals surface area (Å²) in [6.45, 7) is 5.36. The number of nitrogens with zero attached hydrogens (tertiary/aromatic N) is 3. The van der Waals surface area contributed by atoms with Crippen molar-refractivity contribution in [2.75, 3.05) is 71.4 Å². The van der Waals surface area contributed by atoms with Gasteiger partial charge in [-0.25, -0.2) is 24.4 Å². The number of ketones is 2. The van der Waals surface area contributed by atoms with Gasteiger partial charge in [-0.3, -0.25) is 39.2 Å². The minimum atomic E-state index is -1.96. The standard InChI is InChI=1S/C64H72N10O20/c1-64(2,3)93-63(84)72-47(32-39-10-7-6-8-11-39)60(83)91-49-25-17-41(34-51(49)86-5)15-23-46(76)35-45(75)22-14-40-16-24-48(50(33-40)85-4)90-53(78)12-9-13-54(79)94-70-27-29-88-31-30-87-28-26-67-52(77)38-89-61(59(81)82)92-56(65)42-18-20-43(21-19-42)68-36-44-37-69-57-55(71-44)58(80)74-62(66)73-57/h6-8,10-11,14-25,33-34,37,47,61,65,68,70H,9,12-13,26-32,35-36,38H2,1-5H3,(H,67,77)(H,72,84)(H,81,82)(H3,66,69,73,74,80)/b22-14+,23-15+,65-56?/t47-,61?/m0/s1. The molecule has 30 nitrogen and oxygen atoms in total. The van der Waals surface area contributed by atoms with Crippen LogP contribution in [-0.4, -0.2) is 157 Å². The molecule has 4 aromatic carbocycles. The Bertz CT molecular complexity index is 3740. The molecule has 1 unspecified atom stereocenters. The van der Waals surface area contributed by atoms with Gasteiger partial charge in [-0.1, -0.05) is 54.6 Å². The van der Waals surface area contributed by atoms with E-state index in [2.05, 4.69) is 41.4 Å². The van der Waals surface area contributed by atoms with Crippen molar-refractivity contribution < 1.29 is 90.9 Å². The number of benzene rings is 4. The lowest BCUT2D eigenvalue weighted by Crippen LogP contribution is -2.46. The molecule has 0 fully saturated rings. The van der Waals surface area contributed by atoms with Crippen LogP contribution in [0.1, 0.15) is 74.4 Å². The molecule has 0 radical (unpaired) electrons. The average molecular weight is 1300 g/mol. The fraction of sp³-hybridized carbons (Fsp3) is 0.328. The number of H-pyrrole nitrogens is 1. The van der Waals surface area contributed by atoms with Gasteiger partial charge in [0.05, 0.1) is 72.0 Å². The highest BCUT2D eigenvalue weighted by atomic mass is 16.7. The Hall–Kier alpha value is -11.0. The van der Waals surface area contributed by atoms with E-state index in [1.807, 2.05) is 18.2 Å². The number of hydroxylamine groups is 1. The number of allylic oxidation sites excluding steroid dienone is 2. The van der Waals surface area contributed by atoms with Gasteiger partial charge >= 0.3 is 36.3 Å². The molecule has 2 amide bonds. The molecule has 2 atom stereocenters. The van der Waals surface area contributed by atoms with E-state index < -0.39 is 89.9 Å². The van der Waals surface area contributed by atoms with Crippen LogP contribution in [0.5, 0.6) is 23.0 Å². The zero-order chi connectivity index (χ0) is 68.0. The van der Waals surface area contributed by atoms with Crippen LogP contribution in [0.2, 0.25) is 0 Å². The van der Waals surface area contributed by atoms with Gasteiger partial charge in [0.15, 0.2) is 45.7 Å². The maximum absolute atomic E-state index is 13.4. The van der Waals surface area contributed by atoms with Gasteiger partial charge in [0, 0.05) is 37.1 Å². The summed E-state index contributed by atoms with van der Waals surface area (Å²) < 4.78 is 48.4. The van der Waals surface area contributed by atoms with Gasteiger partial charge in [0.25, 0.3) is 5.56 Å². The van der Waals surface area contributed by atoms with E-state index >= 15 is 0 Å². The second-order valence-electron chi connectivity index (χ2n) is 21.0. The van der Waals surface area contributed by atoms with Crippen molar-refractivity contribution in [3.05, 3.63) is 148 Å². The molecule has 0 aliphatic rings. The average Bonchev–Trinajstić information content (AvgIpc) is 1.07. The normalized spacial score (nSPS) is 11.9. The van der Waals surface area contributed by atoms with Crippen LogP contribution < -0.4 is 51.7 Å². The van der Waals surface area contributed by atoms with E-state index in [-0.39, 0.29) is 117 Å². The van der Waals surface area contributed by atoms with Crippen molar-refractivity contribution in [3.63, 3.8) is 0 Å². The first-order valence-corrected chi connectivity index (χ1v) is 29.1. The molecule has 30 heteroatoms. The minimum Gasteiger partial charge on any atom is -0.493 e. The van der Waals surface area contributed by atoms with Crippen molar-refractivity contribution in [2.24, 2.45) is 0 Å². The molecule has 0 aliphatic heterocycles. The second-order valence-corrected chi connectivity index (χ2v) is 21.0. The number of nitrogens with two attached hydrogens (primary N) is 1. The first kappa shape index (κ1) is 72.1. The van der Waals surface area contributed by atoms with Crippen molar-refractivity contribution >= 4 is 88.3 Å². The van der Waals surface area contributed by atoms with E-state index in [1.54, 1.807) is 57.2 Å². The number of nitrogen functional groups attached to an aromatic ring is 1. The number of carbonyl (C=O) groups excluding carboxylic acids is 7. The first-order chi connectivity index (χ1) is 45.0. The highest BCUT2D eigenvalue weighted by Crippen LogP contribution is 2.31. The third kappa shape index (κ3) is 25.4. The number of aromatic nitrogens is 4. The number of carboxylic acid groups (broad SMARTS) is 1. The second kappa shape index (κ2) is 36.8. The molecule has 498 valence electrons. The Morgan fingerprint density at radius 2 is 1.38 bits per heavy atom. The van der Waals surface area contributed by atoms with Crippen LogP contribution in [-0.2, 0) is 75.0 Å². The number of amides is 2. The number of hydrogen-bond donors (Lipinski definition) is 8. The lowest BCUT2D eigenvalue weighted by Gasteiger charge is -2.23. The van der Waals surface area contributed by atoms with Crippen LogP contribution in [0.3, 0.4) is 0 Å². The molecule has 2 heterocycles. The van der Waals surface area contributed by atoms with Gasteiger partial charge in [0.2, 0.25) is 17.8 Å². The Kier molecular flexibility index (Phi) is 28.2. The Morgan fingerprint density at radius 3 is 2.01 bits per heavy atom. The summed E-state index contributed by atoms with van der Waals surface area (Å²) in [4.78, 5) is 132. The number of anilines is 2. The molecule has 0 saturated heterocycles. The molecule has 9 N–H and O–H groups in total. The molecule has 6 aromatic rings. The predicted molar refractivity (Wildman–Crippen MR) is 337 cm³/mol. The minimum absolute atomic E-state index is 0.0258. The van der Waals surface area contributed by atoms with E-state index in [9.17, 15) is 48.3 Å². The fourth-order valence-electron chi connectivity index (χ4n) is 8.04. The Balaban J connectivity index is 0.783. The summed E-state index contributed by atoms with van der Waals surface area (Å²) in [6.07, 6.45) is 3.64. The van der Waals surface area contributed by atoms with Crippen molar-refractivity contribution in [1.29, 1.82) is 5.41 Å². The molecule has 0 aliphatic carbocycles. The number of methoxy groups -OCH3 is 2. The quantitative estimate of drug-likeness (QED) is 0.00294. The fourth-order valence-corrected chi connectivity index (χ4v) is 8.04. The number of ether oxygens (including phenoxy) is 9. The topological polar surface area (TPSA) is 419 Å². The molecule has 6 rings (SSSR count). The molecule has 94 heavy (non-hydrogen) atoms. The molecule has 0 bridgehead atoms.